The van der Waals surface area contributed by atoms with Crippen molar-refractivity contribution in [3.05, 3.63) is 31.8 Å². The van der Waals surface area contributed by atoms with Crippen LogP contribution in [0, 0.1) is 10.1 Å². The molecular formula is C12H13BrN2O6. The van der Waals surface area contributed by atoms with Gasteiger partial charge in [0, 0.05) is 6.07 Å². The standard InChI is InChI=1S/C12H13BrN2O6/c1-5(11(16)20-2)8-7(15(18)19)4-6(12(17)21-3)10(14)9(8)13/h4-5H,14H2,1-3H3. The topological polar surface area (TPSA) is 122 Å². The third-order valence-corrected chi connectivity index (χ3v) is 3.76. The second kappa shape index (κ2) is 6.53. The minimum absolute atomic E-state index is 0.0389. The smallest absolute Gasteiger partial charge is 0.340 e. The number of ether oxygens (including phenoxy) is 2. The van der Waals surface area contributed by atoms with Gasteiger partial charge in [0.25, 0.3) is 5.69 Å². The zero-order valence-electron chi connectivity index (χ0n) is 11.5. The Balaban J connectivity index is 3.65. The molecule has 0 saturated carbocycles. The van der Waals surface area contributed by atoms with Crippen LogP contribution < -0.4 is 5.73 Å². The number of anilines is 1. The van der Waals surface area contributed by atoms with Crippen LogP contribution in [-0.4, -0.2) is 31.1 Å². The van der Waals surface area contributed by atoms with Gasteiger partial charge in [-0.25, -0.2) is 4.79 Å². The molecule has 0 aromatic heterocycles. The van der Waals surface area contributed by atoms with Gasteiger partial charge in [0.2, 0.25) is 0 Å². The van der Waals surface area contributed by atoms with Crippen molar-refractivity contribution in [2.45, 2.75) is 12.8 Å². The number of carbonyl (C=O) groups is 2. The van der Waals surface area contributed by atoms with Crippen LogP contribution in [0.15, 0.2) is 10.5 Å². The number of hydrogen-bond donors (Lipinski definition) is 1. The van der Waals surface area contributed by atoms with Crippen LogP contribution in [0.1, 0.15) is 28.8 Å². The Kier molecular flexibility index (Phi) is 5.25. The minimum atomic E-state index is -0.932. The number of rotatable bonds is 4. The zero-order valence-corrected chi connectivity index (χ0v) is 13.1. The van der Waals surface area contributed by atoms with E-state index in [4.69, 9.17) is 5.73 Å². The maximum absolute atomic E-state index is 11.6. The molecule has 0 aliphatic carbocycles. The van der Waals surface area contributed by atoms with Crippen molar-refractivity contribution in [3.63, 3.8) is 0 Å². The van der Waals surface area contributed by atoms with Crippen molar-refractivity contribution in [2.24, 2.45) is 0 Å². The van der Waals surface area contributed by atoms with Gasteiger partial charge < -0.3 is 15.2 Å². The average molecular weight is 361 g/mol. The van der Waals surface area contributed by atoms with Gasteiger partial charge in [-0.2, -0.15) is 0 Å². The lowest BCUT2D eigenvalue weighted by molar-refractivity contribution is -0.385. The number of nitrogens with zero attached hydrogens (tertiary/aromatic N) is 1. The molecule has 0 aliphatic rings. The van der Waals surface area contributed by atoms with Crippen molar-refractivity contribution in [2.75, 3.05) is 20.0 Å². The molecule has 1 atom stereocenters. The Bertz CT molecular complexity index is 616. The second-order valence-electron chi connectivity index (χ2n) is 4.08. The fraction of sp³-hybridized carbons (Fsp3) is 0.333. The van der Waals surface area contributed by atoms with Gasteiger partial charge in [-0.3, -0.25) is 14.9 Å². The van der Waals surface area contributed by atoms with Crippen molar-refractivity contribution >= 4 is 39.2 Å². The van der Waals surface area contributed by atoms with E-state index in [-0.39, 0.29) is 21.3 Å². The van der Waals surface area contributed by atoms with E-state index in [0.29, 0.717) is 0 Å². The quantitative estimate of drug-likeness (QED) is 0.377. The largest absolute Gasteiger partial charge is 0.469 e. The van der Waals surface area contributed by atoms with Gasteiger partial charge in [-0.15, -0.1) is 0 Å². The summed E-state index contributed by atoms with van der Waals surface area (Å²) in [7, 11) is 2.30. The third-order valence-electron chi connectivity index (χ3n) is 2.91. The Hall–Kier alpha value is -2.16. The summed E-state index contributed by atoms with van der Waals surface area (Å²) < 4.78 is 9.19. The van der Waals surface area contributed by atoms with Crippen LogP contribution in [0.25, 0.3) is 0 Å². The molecule has 0 fully saturated rings. The van der Waals surface area contributed by atoms with Crippen LogP contribution in [0.2, 0.25) is 0 Å². The van der Waals surface area contributed by atoms with Crippen LogP contribution in [0.4, 0.5) is 11.4 Å². The molecule has 1 rings (SSSR count). The van der Waals surface area contributed by atoms with Gasteiger partial charge in [0.1, 0.15) is 0 Å². The number of hydrogen-bond acceptors (Lipinski definition) is 7. The molecule has 0 heterocycles. The Labute approximate surface area is 128 Å². The van der Waals surface area contributed by atoms with Gasteiger partial charge in [0.15, 0.2) is 0 Å². The Morgan fingerprint density at radius 1 is 1.38 bits per heavy atom. The number of nitrogen functional groups attached to an aromatic ring is 1. The predicted molar refractivity (Wildman–Crippen MR) is 77.0 cm³/mol. The SMILES string of the molecule is COC(=O)c1cc([N+](=O)[O-])c(C(C)C(=O)OC)c(Br)c1N. The van der Waals surface area contributed by atoms with Crippen molar-refractivity contribution in [1.29, 1.82) is 0 Å². The predicted octanol–water partition coefficient (Wildman–Crippen LogP) is 2.00. The molecule has 8 nitrogen and oxygen atoms in total. The number of nitrogens with two attached hydrogens (primary N) is 1. The molecule has 1 aromatic carbocycles. The zero-order chi connectivity index (χ0) is 16.3. The monoisotopic (exact) mass is 360 g/mol. The number of nitro benzene ring substituents is 1. The highest BCUT2D eigenvalue weighted by molar-refractivity contribution is 9.10. The molecule has 1 unspecified atom stereocenters. The number of nitro groups is 1. The van der Waals surface area contributed by atoms with Crippen LogP contribution in [-0.2, 0) is 14.3 Å². The number of esters is 2. The minimum Gasteiger partial charge on any atom is -0.469 e. The molecule has 0 saturated heterocycles. The number of carbonyl (C=O) groups excluding carboxylic acids is 2. The third kappa shape index (κ3) is 3.13. The lowest BCUT2D eigenvalue weighted by Gasteiger charge is -2.15. The van der Waals surface area contributed by atoms with E-state index in [1.807, 2.05) is 0 Å². The second-order valence-corrected chi connectivity index (χ2v) is 4.87. The van der Waals surface area contributed by atoms with E-state index < -0.39 is 28.5 Å². The Morgan fingerprint density at radius 2 is 1.95 bits per heavy atom. The first-order valence-electron chi connectivity index (χ1n) is 5.68. The first kappa shape index (κ1) is 16.9. The number of halogens is 1. The highest BCUT2D eigenvalue weighted by atomic mass is 79.9. The summed E-state index contributed by atoms with van der Waals surface area (Å²) in [5, 5.41) is 11.2. The van der Waals surface area contributed by atoms with Crippen molar-refractivity contribution < 1.29 is 24.0 Å². The summed E-state index contributed by atoms with van der Waals surface area (Å²) in [5.41, 5.74) is 5.20. The molecule has 0 radical (unpaired) electrons. The summed E-state index contributed by atoms with van der Waals surface area (Å²) in [6, 6.07) is 0.987. The molecule has 21 heavy (non-hydrogen) atoms. The highest BCUT2D eigenvalue weighted by Gasteiger charge is 2.32. The van der Waals surface area contributed by atoms with E-state index >= 15 is 0 Å². The Morgan fingerprint density at radius 3 is 2.38 bits per heavy atom. The lowest BCUT2D eigenvalue weighted by atomic mass is 9.96. The highest BCUT2D eigenvalue weighted by Crippen LogP contribution is 2.40. The van der Waals surface area contributed by atoms with E-state index in [1.54, 1.807) is 0 Å². The fourth-order valence-electron chi connectivity index (χ4n) is 1.80. The van der Waals surface area contributed by atoms with E-state index in [9.17, 15) is 19.7 Å². The lowest BCUT2D eigenvalue weighted by Crippen LogP contribution is -2.16. The fourth-order valence-corrected chi connectivity index (χ4v) is 2.56. The molecule has 9 heteroatoms. The van der Waals surface area contributed by atoms with E-state index in [1.165, 1.54) is 14.0 Å². The van der Waals surface area contributed by atoms with Crippen LogP contribution >= 0.6 is 15.9 Å². The summed E-state index contributed by atoms with van der Waals surface area (Å²) >= 11 is 3.10. The molecular weight excluding hydrogens is 348 g/mol. The van der Waals surface area contributed by atoms with E-state index in [0.717, 1.165) is 13.2 Å². The summed E-state index contributed by atoms with van der Waals surface area (Å²) in [6.45, 7) is 1.44. The molecule has 0 bridgehead atoms. The van der Waals surface area contributed by atoms with E-state index in [2.05, 4.69) is 25.4 Å². The molecule has 0 aliphatic heterocycles. The van der Waals surface area contributed by atoms with Gasteiger partial charge >= 0.3 is 11.9 Å². The number of benzene rings is 1. The molecule has 0 spiro atoms. The van der Waals surface area contributed by atoms with Gasteiger partial charge in [0.05, 0.1) is 46.3 Å². The van der Waals surface area contributed by atoms with Gasteiger partial charge in [-0.05, 0) is 22.9 Å². The summed E-state index contributed by atoms with van der Waals surface area (Å²) in [6.07, 6.45) is 0. The normalized spacial score (nSPS) is 11.6. The first-order chi connectivity index (χ1) is 9.76. The maximum Gasteiger partial charge on any atom is 0.340 e. The molecule has 1 aromatic rings. The maximum atomic E-state index is 11.6. The van der Waals surface area contributed by atoms with Crippen molar-refractivity contribution in [3.8, 4) is 0 Å². The molecule has 114 valence electrons. The molecule has 0 amide bonds. The molecule has 2 N–H and O–H groups in total. The summed E-state index contributed by atoms with van der Waals surface area (Å²) in [4.78, 5) is 33.7. The number of methoxy groups -OCH3 is 2. The van der Waals surface area contributed by atoms with Gasteiger partial charge in [-0.1, -0.05) is 0 Å². The first-order valence-corrected chi connectivity index (χ1v) is 6.47. The van der Waals surface area contributed by atoms with Crippen molar-refractivity contribution in [1.82, 2.24) is 0 Å². The average Bonchev–Trinajstić information content (AvgIpc) is 2.46. The van der Waals surface area contributed by atoms with Crippen LogP contribution in [0.3, 0.4) is 0 Å². The van der Waals surface area contributed by atoms with Crippen LogP contribution in [0.5, 0.6) is 0 Å². The summed E-state index contributed by atoms with van der Waals surface area (Å²) in [5.74, 6) is -2.41.